The van der Waals surface area contributed by atoms with Gasteiger partial charge in [-0.1, -0.05) is 13.0 Å². The van der Waals surface area contributed by atoms with E-state index in [1.165, 1.54) is 6.07 Å². The van der Waals surface area contributed by atoms with Crippen molar-refractivity contribution in [2.45, 2.75) is 26.8 Å². The Morgan fingerprint density at radius 2 is 2.22 bits per heavy atom. The molecule has 0 aliphatic heterocycles. The molecule has 1 aromatic heterocycles. The minimum absolute atomic E-state index is 0.216. The molecule has 1 aromatic carbocycles. The molecular weight excluding hydrogens is 247 g/mol. The van der Waals surface area contributed by atoms with Crippen LogP contribution in [0.5, 0.6) is 0 Å². The first kappa shape index (κ1) is 13.2. The molecule has 18 heavy (non-hydrogen) atoms. The zero-order chi connectivity index (χ0) is 13.1. The van der Waals surface area contributed by atoms with Gasteiger partial charge in [-0.05, 0) is 38.1 Å². The van der Waals surface area contributed by atoms with E-state index in [2.05, 4.69) is 24.1 Å². The quantitative estimate of drug-likeness (QED) is 0.905. The predicted octanol–water partition coefficient (Wildman–Crippen LogP) is 3.93. The summed E-state index contributed by atoms with van der Waals surface area (Å²) in [6, 6.07) is 5.05. The summed E-state index contributed by atoms with van der Waals surface area (Å²) in [5, 5.41) is 6.24. The predicted molar refractivity (Wildman–Crippen MR) is 74.3 cm³/mol. The highest BCUT2D eigenvalue weighted by molar-refractivity contribution is 7.13. The molecule has 0 aliphatic rings. The number of aryl methyl sites for hydroxylation is 1. The van der Waals surface area contributed by atoms with Crippen LogP contribution in [-0.4, -0.2) is 11.5 Å². The van der Waals surface area contributed by atoms with E-state index in [9.17, 15) is 4.39 Å². The van der Waals surface area contributed by atoms with Gasteiger partial charge in [0.25, 0.3) is 0 Å². The maximum Gasteiger partial charge on any atom is 0.124 e. The van der Waals surface area contributed by atoms with Gasteiger partial charge in [0.2, 0.25) is 0 Å². The molecule has 0 saturated carbocycles. The summed E-state index contributed by atoms with van der Waals surface area (Å²) in [6.45, 7) is 7.04. The molecule has 2 aromatic rings. The third-order valence-electron chi connectivity index (χ3n) is 2.91. The summed E-state index contributed by atoms with van der Waals surface area (Å²) in [7, 11) is 0. The highest BCUT2D eigenvalue weighted by atomic mass is 32.1. The van der Waals surface area contributed by atoms with Crippen molar-refractivity contribution < 1.29 is 4.39 Å². The van der Waals surface area contributed by atoms with Crippen LogP contribution in [0.15, 0.2) is 23.6 Å². The standard InChI is InChI=1S/C14H17FN2S/c1-4-16-10(3)13-8-18-14(17-13)12-7-11(15)6-5-9(12)2/h5-8,10,16H,4H2,1-3H3. The second-order valence-electron chi connectivity index (χ2n) is 4.32. The Bertz CT molecular complexity index is 536. The molecule has 0 aliphatic carbocycles. The van der Waals surface area contributed by atoms with E-state index in [1.54, 1.807) is 23.5 Å². The topological polar surface area (TPSA) is 24.9 Å². The molecule has 0 fully saturated rings. The zero-order valence-corrected chi connectivity index (χ0v) is 11.6. The first-order valence-corrected chi connectivity index (χ1v) is 6.95. The van der Waals surface area contributed by atoms with Crippen LogP contribution in [0.4, 0.5) is 4.39 Å². The lowest BCUT2D eigenvalue weighted by Crippen LogP contribution is -2.17. The van der Waals surface area contributed by atoms with Gasteiger partial charge < -0.3 is 5.32 Å². The number of rotatable bonds is 4. The second kappa shape index (κ2) is 5.59. The van der Waals surface area contributed by atoms with Gasteiger partial charge in [0.1, 0.15) is 10.8 Å². The molecule has 1 heterocycles. The smallest absolute Gasteiger partial charge is 0.124 e. The van der Waals surface area contributed by atoms with Crippen LogP contribution >= 0.6 is 11.3 Å². The number of hydrogen-bond donors (Lipinski definition) is 1. The van der Waals surface area contributed by atoms with Crippen molar-refractivity contribution in [2.24, 2.45) is 0 Å². The van der Waals surface area contributed by atoms with Crippen LogP contribution in [0, 0.1) is 12.7 Å². The summed E-state index contributed by atoms with van der Waals surface area (Å²) >= 11 is 1.56. The lowest BCUT2D eigenvalue weighted by molar-refractivity contribution is 0.586. The number of hydrogen-bond acceptors (Lipinski definition) is 3. The van der Waals surface area contributed by atoms with Crippen LogP contribution in [0.2, 0.25) is 0 Å². The van der Waals surface area contributed by atoms with Gasteiger partial charge in [0.05, 0.1) is 5.69 Å². The Hall–Kier alpha value is -1.26. The van der Waals surface area contributed by atoms with E-state index >= 15 is 0 Å². The van der Waals surface area contributed by atoms with Gasteiger partial charge in [-0.25, -0.2) is 9.37 Å². The molecule has 0 spiro atoms. The second-order valence-corrected chi connectivity index (χ2v) is 5.17. The fourth-order valence-electron chi connectivity index (χ4n) is 1.84. The molecule has 2 rings (SSSR count). The van der Waals surface area contributed by atoms with E-state index in [0.29, 0.717) is 0 Å². The van der Waals surface area contributed by atoms with Gasteiger partial charge in [0, 0.05) is 17.0 Å². The number of nitrogens with zero attached hydrogens (tertiary/aromatic N) is 1. The molecule has 1 unspecified atom stereocenters. The Labute approximate surface area is 111 Å². The summed E-state index contributed by atoms with van der Waals surface area (Å²) in [5.74, 6) is -0.216. The van der Waals surface area contributed by atoms with E-state index < -0.39 is 0 Å². The third-order valence-corrected chi connectivity index (χ3v) is 3.80. The molecule has 0 bridgehead atoms. The summed E-state index contributed by atoms with van der Waals surface area (Å²) in [5.41, 5.74) is 2.95. The fourth-order valence-corrected chi connectivity index (χ4v) is 2.84. The Morgan fingerprint density at radius 3 is 2.94 bits per heavy atom. The maximum atomic E-state index is 13.3. The average Bonchev–Trinajstić information content (AvgIpc) is 2.82. The van der Waals surface area contributed by atoms with Crippen molar-refractivity contribution in [3.63, 3.8) is 0 Å². The molecule has 1 atom stereocenters. The van der Waals surface area contributed by atoms with E-state index in [-0.39, 0.29) is 11.9 Å². The van der Waals surface area contributed by atoms with Crippen molar-refractivity contribution in [1.82, 2.24) is 10.3 Å². The Kier molecular flexibility index (Phi) is 4.09. The third kappa shape index (κ3) is 2.76. The van der Waals surface area contributed by atoms with E-state index in [0.717, 1.165) is 28.4 Å². The van der Waals surface area contributed by atoms with Gasteiger partial charge in [0.15, 0.2) is 0 Å². The molecule has 96 valence electrons. The van der Waals surface area contributed by atoms with Crippen molar-refractivity contribution in [3.05, 3.63) is 40.7 Å². The van der Waals surface area contributed by atoms with Crippen LogP contribution in [0.25, 0.3) is 10.6 Å². The van der Waals surface area contributed by atoms with Crippen LogP contribution in [0.3, 0.4) is 0 Å². The van der Waals surface area contributed by atoms with Crippen molar-refractivity contribution in [3.8, 4) is 10.6 Å². The summed E-state index contributed by atoms with van der Waals surface area (Å²) in [4.78, 5) is 4.59. The highest BCUT2D eigenvalue weighted by Crippen LogP contribution is 2.29. The molecule has 2 nitrogen and oxygen atoms in total. The average molecular weight is 264 g/mol. The molecule has 0 saturated heterocycles. The largest absolute Gasteiger partial charge is 0.309 e. The number of aromatic nitrogens is 1. The molecule has 0 amide bonds. The van der Waals surface area contributed by atoms with Gasteiger partial charge in [-0.2, -0.15) is 0 Å². The SMILES string of the molecule is CCNC(C)c1csc(-c2cc(F)ccc2C)n1. The number of nitrogens with one attached hydrogen (secondary N) is 1. The number of halogens is 1. The Balaban J connectivity index is 2.32. The van der Waals surface area contributed by atoms with Crippen molar-refractivity contribution in [1.29, 1.82) is 0 Å². The van der Waals surface area contributed by atoms with E-state index in [1.807, 2.05) is 12.3 Å². The van der Waals surface area contributed by atoms with Gasteiger partial charge in [-0.3, -0.25) is 0 Å². The summed E-state index contributed by atoms with van der Waals surface area (Å²) < 4.78 is 13.3. The minimum atomic E-state index is -0.216. The van der Waals surface area contributed by atoms with E-state index in [4.69, 9.17) is 0 Å². The first-order valence-electron chi connectivity index (χ1n) is 6.07. The summed E-state index contributed by atoms with van der Waals surface area (Å²) in [6.07, 6.45) is 0. The minimum Gasteiger partial charge on any atom is -0.309 e. The number of benzene rings is 1. The van der Waals surface area contributed by atoms with Crippen molar-refractivity contribution in [2.75, 3.05) is 6.54 Å². The number of thiazole rings is 1. The lowest BCUT2D eigenvalue weighted by atomic mass is 10.1. The van der Waals surface area contributed by atoms with Crippen molar-refractivity contribution >= 4 is 11.3 Å². The monoisotopic (exact) mass is 264 g/mol. The maximum absolute atomic E-state index is 13.3. The van der Waals surface area contributed by atoms with Crippen LogP contribution in [-0.2, 0) is 0 Å². The molecule has 4 heteroatoms. The fraction of sp³-hybridized carbons (Fsp3) is 0.357. The normalized spacial score (nSPS) is 12.7. The Morgan fingerprint density at radius 1 is 1.44 bits per heavy atom. The molecular formula is C14H17FN2S. The lowest BCUT2D eigenvalue weighted by Gasteiger charge is -2.08. The van der Waals surface area contributed by atoms with Gasteiger partial charge >= 0.3 is 0 Å². The van der Waals surface area contributed by atoms with Crippen LogP contribution < -0.4 is 5.32 Å². The highest BCUT2D eigenvalue weighted by Gasteiger charge is 2.12. The molecule has 0 radical (unpaired) electrons. The first-order chi connectivity index (χ1) is 8.61. The van der Waals surface area contributed by atoms with Crippen LogP contribution in [0.1, 0.15) is 31.1 Å². The molecule has 1 N–H and O–H groups in total. The van der Waals surface area contributed by atoms with Gasteiger partial charge in [-0.15, -0.1) is 11.3 Å². The zero-order valence-electron chi connectivity index (χ0n) is 10.8.